The second-order valence-corrected chi connectivity index (χ2v) is 11.1. The molecule has 0 aliphatic carbocycles. The summed E-state index contributed by atoms with van der Waals surface area (Å²) >= 11 is 1.23. The Hall–Kier alpha value is -2.43. The lowest BCUT2D eigenvalue weighted by molar-refractivity contribution is -0.131. The number of carbonyl (C=O) groups is 2. The molecule has 2 fully saturated rings. The van der Waals surface area contributed by atoms with Crippen LogP contribution in [0.25, 0.3) is 6.08 Å². The minimum absolute atomic E-state index is 0.0413. The Labute approximate surface area is 185 Å². The minimum Gasteiger partial charge on any atom is -0.465 e. The molecule has 2 aliphatic heterocycles. The first kappa shape index (κ1) is 21.8. The quantitative estimate of drug-likeness (QED) is 0.662. The van der Waals surface area contributed by atoms with Gasteiger partial charge in [-0.25, -0.2) is 8.42 Å². The minimum atomic E-state index is -3.42. The van der Waals surface area contributed by atoms with Crippen molar-refractivity contribution < 1.29 is 22.4 Å². The number of likely N-dealkylation sites (tertiary alicyclic amines) is 1. The highest BCUT2D eigenvalue weighted by molar-refractivity contribution is 7.91. The Morgan fingerprint density at radius 3 is 2.61 bits per heavy atom. The van der Waals surface area contributed by atoms with E-state index in [9.17, 15) is 18.0 Å². The summed E-state index contributed by atoms with van der Waals surface area (Å²) in [5.41, 5.74) is -0.0413. The summed E-state index contributed by atoms with van der Waals surface area (Å²) in [7, 11) is -3.42. The van der Waals surface area contributed by atoms with Crippen molar-refractivity contribution in [2.75, 3.05) is 32.7 Å². The molecule has 166 valence electrons. The van der Waals surface area contributed by atoms with Gasteiger partial charge in [0.2, 0.25) is 11.8 Å². The van der Waals surface area contributed by atoms with Gasteiger partial charge in [-0.15, -0.1) is 11.3 Å². The molecule has 31 heavy (non-hydrogen) atoms. The molecule has 0 bridgehead atoms. The zero-order chi connectivity index (χ0) is 21.9. The number of rotatable bonds is 6. The Balaban J connectivity index is 1.25. The monoisotopic (exact) mass is 463 g/mol. The molecule has 10 heteroatoms. The van der Waals surface area contributed by atoms with Gasteiger partial charge in [0.1, 0.15) is 9.97 Å². The number of nitrogens with one attached hydrogen (secondary N) is 1. The summed E-state index contributed by atoms with van der Waals surface area (Å²) in [5, 5.41) is 4.38. The fourth-order valence-corrected chi connectivity index (χ4v) is 6.76. The number of furan rings is 1. The van der Waals surface area contributed by atoms with E-state index in [4.69, 9.17) is 4.42 Å². The van der Waals surface area contributed by atoms with Crippen molar-refractivity contribution in [3.05, 3.63) is 47.7 Å². The normalized spacial score (nSPS) is 19.3. The molecule has 8 nitrogen and oxygen atoms in total. The average molecular weight is 464 g/mol. The second-order valence-electron chi connectivity index (χ2n) is 7.97. The van der Waals surface area contributed by atoms with Crippen molar-refractivity contribution in [3.8, 4) is 0 Å². The summed E-state index contributed by atoms with van der Waals surface area (Å²) < 4.78 is 32.5. The van der Waals surface area contributed by atoms with Crippen LogP contribution in [-0.2, 0) is 19.6 Å². The third kappa shape index (κ3) is 4.91. The molecule has 0 atom stereocenters. The smallest absolute Gasteiger partial charge is 0.252 e. The van der Waals surface area contributed by atoms with Gasteiger partial charge in [-0.3, -0.25) is 9.59 Å². The summed E-state index contributed by atoms with van der Waals surface area (Å²) in [6, 6.07) is 6.84. The molecule has 2 aromatic heterocycles. The van der Waals surface area contributed by atoms with Crippen LogP contribution in [0.5, 0.6) is 0 Å². The maximum Gasteiger partial charge on any atom is 0.252 e. The van der Waals surface area contributed by atoms with Gasteiger partial charge < -0.3 is 14.6 Å². The number of amides is 2. The van der Waals surface area contributed by atoms with Gasteiger partial charge in [-0.1, -0.05) is 6.07 Å². The van der Waals surface area contributed by atoms with Crippen LogP contribution in [0.1, 0.15) is 25.0 Å². The standard InChI is InChI=1S/C21H25N3O5S2/c25-18(6-5-17-3-1-13-29-17)22-15-19(26)23-10-7-21(16-23)8-11-24(12-9-21)31(27,28)20-4-2-14-30-20/h1-6,13-14H,7-12,15-16H2,(H,22,25). The Kier molecular flexibility index (Phi) is 6.31. The lowest BCUT2D eigenvalue weighted by Crippen LogP contribution is -2.45. The summed E-state index contributed by atoms with van der Waals surface area (Å²) in [4.78, 5) is 26.2. The summed E-state index contributed by atoms with van der Waals surface area (Å²) in [6.07, 6.45) is 6.73. The number of sulfonamides is 1. The van der Waals surface area contributed by atoms with Gasteiger partial charge in [0.15, 0.2) is 0 Å². The van der Waals surface area contributed by atoms with Crippen LogP contribution >= 0.6 is 11.3 Å². The van der Waals surface area contributed by atoms with E-state index in [1.54, 1.807) is 44.9 Å². The Morgan fingerprint density at radius 1 is 1.16 bits per heavy atom. The zero-order valence-electron chi connectivity index (χ0n) is 17.0. The fourth-order valence-electron chi connectivity index (χ4n) is 4.17. The topological polar surface area (TPSA) is 99.9 Å². The van der Waals surface area contributed by atoms with Crippen LogP contribution in [0.3, 0.4) is 0 Å². The van der Waals surface area contributed by atoms with Crippen LogP contribution in [-0.4, -0.2) is 62.2 Å². The van der Waals surface area contributed by atoms with E-state index in [0.29, 0.717) is 36.1 Å². The number of nitrogens with zero attached hydrogens (tertiary/aromatic N) is 2. The molecule has 0 aromatic carbocycles. The molecule has 4 rings (SSSR count). The maximum atomic E-state index is 12.7. The van der Waals surface area contributed by atoms with E-state index in [1.165, 1.54) is 23.7 Å². The van der Waals surface area contributed by atoms with Crippen LogP contribution < -0.4 is 5.32 Å². The molecule has 0 radical (unpaired) electrons. The molecule has 2 aromatic rings. The van der Waals surface area contributed by atoms with Crippen molar-refractivity contribution in [1.82, 2.24) is 14.5 Å². The molecule has 2 aliphatic rings. The SMILES string of the molecule is O=C(C=Cc1ccco1)NCC(=O)N1CCC2(CCN(S(=O)(=O)c3cccs3)CC2)C1. The molecular weight excluding hydrogens is 438 g/mol. The zero-order valence-corrected chi connectivity index (χ0v) is 18.7. The average Bonchev–Trinajstić information content (AvgIpc) is 3.53. The van der Waals surface area contributed by atoms with E-state index in [2.05, 4.69) is 5.32 Å². The molecule has 1 N–H and O–H groups in total. The number of hydrogen-bond acceptors (Lipinski definition) is 6. The van der Waals surface area contributed by atoms with Gasteiger partial charge in [-0.05, 0) is 54.3 Å². The van der Waals surface area contributed by atoms with Gasteiger partial charge in [0.05, 0.1) is 12.8 Å². The van der Waals surface area contributed by atoms with Crippen LogP contribution in [0.4, 0.5) is 0 Å². The third-order valence-corrected chi connectivity index (χ3v) is 9.29. The van der Waals surface area contributed by atoms with Crippen molar-refractivity contribution >= 4 is 39.3 Å². The predicted molar refractivity (Wildman–Crippen MR) is 117 cm³/mol. The third-order valence-electron chi connectivity index (χ3n) is 6.02. The highest BCUT2D eigenvalue weighted by Crippen LogP contribution is 2.41. The predicted octanol–water partition coefficient (Wildman–Crippen LogP) is 2.17. The molecule has 2 amide bonds. The number of carbonyl (C=O) groups excluding carboxylic acids is 2. The maximum absolute atomic E-state index is 12.7. The van der Waals surface area contributed by atoms with Crippen LogP contribution in [0.15, 0.2) is 50.6 Å². The Morgan fingerprint density at radius 2 is 1.94 bits per heavy atom. The summed E-state index contributed by atoms with van der Waals surface area (Å²) in [6.45, 7) is 2.12. The van der Waals surface area contributed by atoms with Crippen LogP contribution in [0, 0.1) is 5.41 Å². The first-order valence-corrected chi connectivity index (χ1v) is 12.5. The van der Waals surface area contributed by atoms with Crippen molar-refractivity contribution in [1.29, 1.82) is 0 Å². The second kappa shape index (κ2) is 8.97. The first-order chi connectivity index (χ1) is 14.9. The van der Waals surface area contributed by atoms with E-state index < -0.39 is 10.0 Å². The lowest BCUT2D eigenvalue weighted by Gasteiger charge is -2.38. The van der Waals surface area contributed by atoms with Gasteiger partial charge in [-0.2, -0.15) is 4.31 Å². The largest absolute Gasteiger partial charge is 0.465 e. The molecule has 4 heterocycles. The Bertz CT molecular complexity index is 1040. The molecule has 0 unspecified atom stereocenters. The van der Waals surface area contributed by atoms with E-state index in [1.807, 2.05) is 0 Å². The van der Waals surface area contributed by atoms with E-state index in [0.717, 1.165) is 19.3 Å². The van der Waals surface area contributed by atoms with E-state index >= 15 is 0 Å². The molecule has 0 saturated carbocycles. The molecule has 1 spiro atoms. The summed E-state index contributed by atoms with van der Waals surface area (Å²) in [5.74, 6) is 0.0893. The van der Waals surface area contributed by atoms with Crippen molar-refractivity contribution in [2.24, 2.45) is 5.41 Å². The number of piperidine rings is 1. The van der Waals surface area contributed by atoms with Gasteiger partial charge in [0, 0.05) is 32.3 Å². The van der Waals surface area contributed by atoms with Gasteiger partial charge in [0.25, 0.3) is 10.0 Å². The first-order valence-electron chi connectivity index (χ1n) is 10.2. The lowest BCUT2D eigenvalue weighted by atomic mass is 9.78. The van der Waals surface area contributed by atoms with E-state index in [-0.39, 0.29) is 23.8 Å². The fraction of sp³-hybridized carbons (Fsp3) is 0.429. The highest BCUT2D eigenvalue weighted by Gasteiger charge is 2.44. The van der Waals surface area contributed by atoms with Crippen LogP contribution in [0.2, 0.25) is 0 Å². The molecular formula is C21H25N3O5S2. The molecule has 2 saturated heterocycles. The number of thiophene rings is 1. The van der Waals surface area contributed by atoms with Crippen molar-refractivity contribution in [3.63, 3.8) is 0 Å². The van der Waals surface area contributed by atoms with Gasteiger partial charge >= 0.3 is 0 Å². The highest BCUT2D eigenvalue weighted by atomic mass is 32.2. The van der Waals surface area contributed by atoms with Crippen molar-refractivity contribution in [2.45, 2.75) is 23.5 Å². The number of hydrogen-bond donors (Lipinski definition) is 1.